The molecule has 3 rings (SSSR count). The van der Waals surface area contributed by atoms with Gasteiger partial charge in [-0.3, -0.25) is 0 Å². The van der Waals surface area contributed by atoms with Crippen molar-refractivity contribution >= 4 is 11.3 Å². The highest BCUT2D eigenvalue weighted by Gasteiger charge is 2.24. The predicted octanol–water partition coefficient (Wildman–Crippen LogP) is 5.84. The molecule has 2 saturated carbocycles. The van der Waals surface area contributed by atoms with Gasteiger partial charge in [-0.2, -0.15) is 0 Å². The van der Waals surface area contributed by atoms with E-state index in [9.17, 15) is 0 Å². The van der Waals surface area contributed by atoms with Gasteiger partial charge in [-0.1, -0.05) is 38.5 Å². The van der Waals surface area contributed by atoms with Crippen LogP contribution in [0.15, 0.2) is 11.4 Å². The minimum Gasteiger partial charge on any atom is -0.148 e. The fourth-order valence-corrected chi connectivity index (χ4v) is 4.94. The maximum Gasteiger partial charge on any atom is 0.0111 e. The molecular formula is C16H24S. The maximum absolute atomic E-state index is 2.45. The molecule has 2 fully saturated rings. The molecule has 0 aromatic carbocycles. The summed E-state index contributed by atoms with van der Waals surface area (Å²) in [7, 11) is 0. The van der Waals surface area contributed by atoms with Crippen molar-refractivity contribution in [1.29, 1.82) is 0 Å². The van der Waals surface area contributed by atoms with Gasteiger partial charge in [-0.15, -0.1) is 11.3 Å². The second-order valence-electron chi connectivity index (χ2n) is 5.91. The fraction of sp³-hybridized carbons (Fsp3) is 0.750. The molecule has 0 bridgehead atoms. The van der Waals surface area contributed by atoms with E-state index in [1.807, 2.05) is 11.3 Å². The van der Waals surface area contributed by atoms with Gasteiger partial charge in [0.25, 0.3) is 0 Å². The Bertz CT molecular complexity index is 308. The lowest BCUT2D eigenvalue weighted by Gasteiger charge is -2.27. The van der Waals surface area contributed by atoms with Gasteiger partial charge >= 0.3 is 0 Å². The molecule has 0 unspecified atom stereocenters. The average Bonchev–Trinajstić information content (AvgIpc) is 2.90. The molecule has 2 aliphatic carbocycles. The first-order valence-electron chi connectivity index (χ1n) is 7.52. The van der Waals surface area contributed by atoms with E-state index in [1.54, 1.807) is 10.4 Å². The summed E-state index contributed by atoms with van der Waals surface area (Å²) >= 11 is 2.05. The summed E-state index contributed by atoms with van der Waals surface area (Å²) in [5.41, 5.74) is 1.75. The van der Waals surface area contributed by atoms with Crippen molar-refractivity contribution in [3.63, 3.8) is 0 Å². The Morgan fingerprint density at radius 3 is 2.00 bits per heavy atom. The molecule has 0 nitrogen and oxygen atoms in total. The molecule has 1 heterocycles. The Morgan fingerprint density at radius 1 is 0.765 bits per heavy atom. The van der Waals surface area contributed by atoms with Crippen LogP contribution in [-0.4, -0.2) is 0 Å². The van der Waals surface area contributed by atoms with E-state index >= 15 is 0 Å². The van der Waals surface area contributed by atoms with Crippen molar-refractivity contribution in [3.8, 4) is 0 Å². The summed E-state index contributed by atoms with van der Waals surface area (Å²) < 4.78 is 0. The first-order chi connectivity index (χ1) is 8.45. The highest BCUT2D eigenvalue weighted by molar-refractivity contribution is 7.10. The molecular weight excluding hydrogens is 224 g/mol. The van der Waals surface area contributed by atoms with Crippen LogP contribution in [-0.2, 0) is 0 Å². The number of thiophene rings is 1. The summed E-state index contributed by atoms with van der Waals surface area (Å²) in [5, 5.41) is 2.36. The normalized spacial score (nSPS) is 24.0. The van der Waals surface area contributed by atoms with Crippen molar-refractivity contribution < 1.29 is 0 Å². The highest BCUT2D eigenvalue weighted by atomic mass is 32.1. The van der Waals surface area contributed by atoms with E-state index in [2.05, 4.69) is 11.4 Å². The van der Waals surface area contributed by atoms with Gasteiger partial charge in [0.2, 0.25) is 0 Å². The first kappa shape index (κ1) is 11.8. The predicted molar refractivity (Wildman–Crippen MR) is 76.0 cm³/mol. The average molecular weight is 248 g/mol. The van der Waals surface area contributed by atoms with Gasteiger partial charge in [-0.05, 0) is 54.5 Å². The van der Waals surface area contributed by atoms with Crippen molar-refractivity contribution in [2.45, 2.75) is 76.0 Å². The third-order valence-electron chi connectivity index (χ3n) is 4.75. The van der Waals surface area contributed by atoms with Crippen LogP contribution in [0, 0.1) is 0 Å². The molecule has 0 atom stereocenters. The number of rotatable bonds is 2. The molecule has 0 N–H and O–H groups in total. The monoisotopic (exact) mass is 248 g/mol. The van der Waals surface area contributed by atoms with Crippen LogP contribution in [0.1, 0.15) is 86.5 Å². The largest absolute Gasteiger partial charge is 0.148 e. The quantitative estimate of drug-likeness (QED) is 0.616. The van der Waals surface area contributed by atoms with Crippen molar-refractivity contribution in [1.82, 2.24) is 0 Å². The van der Waals surface area contributed by atoms with Gasteiger partial charge < -0.3 is 0 Å². The molecule has 1 aromatic heterocycles. The van der Waals surface area contributed by atoms with E-state index < -0.39 is 0 Å². The zero-order chi connectivity index (χ0) is 11.5. The fourth-order valence-electron chi connectivity index (χ4n) is 3.78. The number of hydrogen-bond acceptors (Lipinski definition) is 1. The Hall–Kier alpha value is -0.300. The van der Waals surface area contributed by atoms with Gasteiger partial charge in [-0.25, -0.2) is 0 Å². The lowest BCUT2D eigenvalue weighted by atomic mass is 9.80. The Balaban J connectivity index is 1.77. The molecule has 1 aromatic rings. The van der Waals surface area contributed by atoms with Crippen molar-refractivity contribution in [2.24, 2.45) is 0 Å². The van der Waals surface area contributed by atoms with Gasteiger partial charge in [0, 0.05) is 4.88 Å². The van der Waals surface area contributed by atoms with Crippen LogP contribution in [0.25, 0.3) is 0 Å². The lowest BCUT2D eigenvalue weighted by Crippen LogP contribution is -2.09. The van der Waals surface area contributed by atoms with Crippen LogP contribution < -0.4 is 0 Å². The Morgan fingerprint density at radius 2 is 1.35 bits per heavy atom. The van der Waals surface area contributed by atoms with Crippen LogP contribution >= 0.6 is 11.3 Å². The molecule has 0 radical (unpaired) electrons. The van der Waals surface area contributed by atoms with Gasteiger partial charge in [0.1, 0.15) is 0 Å². The van der Waals surface area contributed by atoms with Gasteiger partial charge in [0.15, 0.2) is 0 Å². The molecule has 2 aliphatic rings. The number of hydrogen-bond donors (Lipinski definition) is 0. The zero-order valence-corrected chi connectivity index (χ0v) is 11.6. The maximum atomic E-state index is 2.45. The highest BCUT2D eigenvalue weighted by Crippen LogP contribution is 2.43. The first-order valence-corrected chi connectivity index (χ1v) is 8.40. The smallest absolute Gasteiger partial charge is 0.0111 e. The molecule has 0 amide bonds. The summed E-state index contributed by atoms with van der Waals surface area (Å²) in [6.45, 7) is 0. The minimum absolute atomic E-state index is 0.909. The Labute approximate surface area is 109 Å². The van der Waals surface area contributed by atoms with Crippen LogP contribution in [0.4, 0.5) is 0 Å². The van der Waals surface area contributed by atoms with Crippen LogP contribution in [0.3, 0.4) is 0 Å². The summed E-state index contributed by atoms with van der Waals surface area (Å²) in [4.78, 5) is 1.77. The summed E-state index contributed by atoms with van der Waals surface area (Å²) in [6, 6.07) is 2.45. The second-order valence-corrected chi connectivity index (χ2v) is 6.86. The molecule has 1 heteroatoms. The lowest BCUT2D eigenvalue weighted by molar-refractivity contribution is 0.423. The van der Waals surface area contributed by atoms with E-state index in [0.717, 1.165) is 11.8 Å². The third kappa shape index (κ3) is 2.59. The molecule has 0 aliphatic heterocycles. The molecule has 0 spiro atoms. The van der Waals surface area contributed by atoms with Gasteiger partial charge in [0.05, 0.1) is 0 Å². The molecule has 94 valence electrons. The van der Waals surface area contributed by atoms with Crippen molar-refractivity contribution in [3.05, 3.63) is 21.9 Å². The molecule has 0 saturated heterocycles. The molecule has 17 heavy (non-hydrogen) atoms. The van der Waals surface area contributed by atoms with Crippen LogP contribution in [0.5, 0.6) is 0 Å². The zero-order valence-electron chi connectivity index (χ0n) is 10.8. The Kier molecular flexibility index (Phi) is 3.85. The second kappa shape index (κ2) is 5.56. The van der Waals surface area contributed by atoms with E-state index in [4.69, 9.17) is 0 Å². The van der Waals surface area contributed by atoms with Crippen molar-refractivity contribution in [2.75, 3.05) is 0 Å². The standard InChI is InChI=1S/C16H24S/c1-3-7-13(8-4-1)15-11-12-17-16(15)14-9-5-2-6-10-14/h11-14H,1-10H2. The summed E-state index contributed by atoms with van der Waals surface area (Å²) in [6.07, 6.45) is 14.6. The SMILES string of the molecule is c1cc(C2CCCCC2)c(C2CCCCC2)s1. The summed E-state index contributed by atoms with van der Waals surface area (Å²) in [5.74, 6) is 1.83. The minimum atomic E-state index is 0.909. The van der Waals surface area contributed by atoms with Crippen LogP contribution in [0.2, 0.25) is 0 Å². The van der Waals surface area contributed by atoms with E-state index in [-0.39, 0.29) is 0 Å². The topological polar surface area (TPSA) is 0 Å². The van der Waals surface area contributed by atoms with E-state index in [1.165, 1.54) is 64.2 Å². The third-order valence-corrected chi connectivity index (χ3v) is 5.84. The van der Waals surface area contributed by atoms with E-state index in [0.29, 0.717) is 0 Å².